The average Bonchev–Trinajstić information content (AvgIpc) is 3.10. The molecule has 0 amide bonds. The van der Waals surface area contributed by atoms with Crippen LogP contribution in [-0.2, 0) is 29.9 Å². The molecule has 0 fully saturated rings. The lowest BCUT2D eigenvalue weighted by atomic mass is 10.0. The van der Waals surface area contributed by atoms with Gasteiger partial charge in [0.2, 0.25) is 0 Å². The number of likely N-dealkylation sites (N-methyl/N-ethyl adjacent to an activating group) is 1. The van der Waals surface area contributed by atoms with Gasteiger partial charge < -0.3 is 14.4 Å². The molecule has 0 bridgehead atoms. The molecular formula is C28H32FNO5S. The molecule has 0 spiro atoms. The summed E-state index contributed by atoms with van der Waals surface area (Å²) in [5, 5.41) is 0. The lowest BCUT2D eigenvalue weighted by molar-refractivity contribution is -0.158. The van der Waals surface area contributed by atoms with E-state index in [1.54, 1.807) is 12.3 Å². The number of esters is 2. The second kappa shape index (κ2) is 12.7. The minimum absolute atomic E-state index is 0.0971. The molecule has 0 aliphatic heterocycles. The van der Waals surface area contributed by atoms with Crippen molar-refractivity contribution >= 4 is 40.0 Å². The number of carbonyl (C=O) groups excluding carboxylic acids is 2. The van der Waals surface area contributed by atoms with Crippen molar-refractivity contribution in [3.8, 4) is 0 Å². The van der Waals surface area contributed by atoms with E-state index in [2.05, 4.69) is 4.90 Å². The van der Waals surface area contributed by atoms with Crippen LogP contribution in [0.3, 0.4) is 0 Å². The van der Waals surface area contributed by atoms with Crippen LogP contribution in [0.15, 0.2) is 52.9 Å². The van der Waals surface area contributed by atoms with E-state index in [1.165, 1.54) is 12.1 Å². The Kier molecular flexibility index (Phi) is 9.73. The Morgan fingerprint density at radius 2 is 1.69 bits per heavy atom. The van der Waals surface area contributed by atoms with Gasteiger partial charge in [0, 0.05) is 28.5 Å². The molecule has 1 unspecified atom stereocenters. The zero-order valence-electron chi connectivity index (χ0n) is 21.1. The summed E-state index contributed by atoms with van der Waals surface area (Å²) in [5.41, 5.74) is 4.69. The maximum atomic E-state index is 14.1. The summed E-state index contributed by atoms with van der Waals surface area (Å²) in [7, 11) is -1.07. The van der Waals surface area contributed by atoms with Gasteiger partial charge in [-0.2, -0.15) is 0 Å². The van der Waals surface area contributed by atoms with Gasteiger partial charge in [-0.05, 0) is 83.8 Å². The molecule has 0 saturated carbocycles. The van der Waals surface area contributed by atoms with Crippen LogP contribution >= 0.6 is 0 Å². The Labute approximate surface area is 214 Å². The van der Waals surface area contributed by atoms with Crippen LogP contribution in [0.2, 0.25) is 0 Å². The third-order valence-electron chi connectivity index (χ3n) is 6.21. The number of fused-ring (bicyclic) bond motifs is 1. The van der Waals surface area contributed by atoms with Gasteiger partial charge in [0.05, 0.1) is 6.42 Å². The van der Waals surface area contributed by atoms with Crippen molar-refractivity contribution in [3.63, 3.8) is 0 Å². The molecule has 0 aromatic heterocycles. The number of hydrogen-bond donors (Lipinski definition) is 0. The second-order valence-corrected chi connectivity index (χ2v) is 9.84. The minimum atomic E-state index is -1.07. The highest BCUT2D eigenvalue weighted by Crippen LogP contribution is 2.44. The number of allylic oxidation sites excluding steroid dienone is 2. The van der Waals surface area contributed by atoms with Gasteiger partial charge in [-0.15, -0.1) is 0 Å². The summed E-state index contributed by atoms with van der Waals surface area (Å²) in [4.78, 5) is 27.4. The Hall–Kier alpha value is -3.10. The van der Waals surface area contributed by atoms with Gasteiger partial charge in [-0.25, -0.2) is 9.18 Å². The summed E-state index contributed by atoms with van der Waals surface area (Å²) in [6.07, 6.45) is 3.49. The summed E-state index contributed by atoms with van der Waals surface area (Å²) in [6, 6.07) is 11.9. The predicted molar refractivity (Wildman–Crippen MR) is 140 cm³/mol. The highest BCUT2D eigenvalue weighted by atomic mass is 32.2. The Bertz CT molecular complexity index is 1200. The van der Waals surface area contributed by atoms with Gasteiger partial charge >= 0.3 is 11.9 Å². The van der Waals surface area contributed by atoms with Gasteiger partial charge in [0.25, 0.3) is 0 Å². The molecule has 192 valence electrons. The predicted octanol–water partition coefficient (Wildman–Crippen LogP) is 4.71. The Balaban J connectivity index is 1.71. The maximum absolute atomic E-state index is 14.1. The highest BCUT2D eigenvalue weighted by Gasteiger charge is 2.26. The van der Waals surface area contributed by atoms with Crippen molar-refractivity contribution in [1.82, 2.24) is 4.90 Å². The van der Waals surface area contributed by atoms with E-state index in [1.807, 2.05) is 51.1 Å². The second-order valence-electron chi connectivity index (χ2n) is 8.46. The normalized spacial score (nSPS) is 14.8. The molecule has 2 aromatic carbocycles. The zero-order valence-corrected chi connectivity index (χ0v) is 22.0. The number of benzene rings is 2. The topological polar surface area (TPSA) is 72.9 Å². The fraction of sp³-hybridized carbons (Fsp3) is 0.357. The fourth-order valence-electron chi connectivity index (χ4n) is 4.11. The van der Waals surface area contributed by atoms with E-state index in [0.717, 1.165) is 40.3 Å². The van der Waals surface area contributed by atoms with E-state index in [9.17, 15) is 18.2 Å². The first-order valence-electron chi connectivity index (χ1n) is 11.9. The fourth-order valence-corrected chi connectivity index (χ4v) is 4.63. The molecule has 6 nitrogen and oxygen atoms in total. The van der Waals surface area contributed by atoms with E-state index in [0.29, 0.717) is 17.7 Å². The van der Waals surface area contributed by atoms with Crippen molar-refractivity contribution < 1.29 is 27.7 Å². The van der Waals surface area contributed by atoms with Crippen molar-refractivity contribution in [2.75, 3.05) is 39.1 Å². The van der Waals surface area contributed by atoms with E-state index in [-0.39, 0.29) is 13.0 Å². The molecule has 3 rings (SSSR count). The largest absolute Gasteiger partial charge is 0.462 e. The molecular weight excluding hydrogens is 481 g/mol. The van der Waals surface area contributed by atoms with E-state index in [4.69, 9.17) is 9.47 Å². The van der Waals surface area contributed by atoms with Gasteiger partial charge in [-0.1, -0.05) is 32.0 Å². The summed E-state index contributed by atoms with van der Waals surface area (Å²) in [6.45, 7) is 8.05. The molecule has 0 radical (unpaired) electrons. The third-order valence-corrected chi connectivity index (χ3v) is 7.15. The third kappa shape index (κ3) is 6.98. The standard InChI is InChI=1S/C28H32FNO5S/c1-5-30(6-2)13-14-34-28(32)18-35-27(31)17-25-19(3)24(23-12-9-21(29)16-26(23)25)15-20-7-10-22(11-8-20)36(4)33/h7-12,15-16H,5-6,13-14,17-18H2,1-4H3/b24-15-. The molecule has 0 N–H and O–H groups in total. The molecule has 1 aliphatic rings. The van der Waals surface area contributed by atoms with Gasteiger partial charge in [0.15, 0.2) is 6.61 Å². The molecule has 0 saturated heterocycles. The van der Waals surface area contributed by atoms with E-state index >= 15 is 0 Å². The average molecular weight is 514 g/mol. The molecule has 2 aromatic rings. The van der Waals surface area contributed by atoms with Crippen LogP contribution in [0.25, 0.3) is 17.2 Å². The Morgan fingerprint density at radius 1 is 1.00 bits per heavy atom. The van der Waals surface area contributed by atoms with Crippen LogP contribution in [0, 0.1) is 5.82 Å². The lowest BCUT2D eigenvalue weighted by Crippen LogP contribution is -2.28. The Morgan fingerprint density at radius 3 is 2.33 bits per heavy atom. The SMILES string of the molecule is CCN(CC)CCOC(=O)COC(=O)CC1=C(C)/C(=C/c2ccc(S(C)=O)cc2)c2ccc(F)cc21. The quantitative estimate of drug-likeness (QED) is 0.405. The summed E-state index contributed by atoms with van der Waals surface area (Å²) in [5.74, 6) is -1.59. The van der Waals surface area contributed by atoms with Crippen molar-refractivity contribution in [2.45, 2.75) is 32.1 Å². The lowest BCUT2D eigenvalue weighted by Gasteiger charge is -2.17. The van der Waals surface area contributed by atoms with E-state index < -0.39 is 35.2 Å². The van der Waals surface area contributed by atoms with Crippen LogP contribution in [-0.4, -0.2) is 60.2 Å². The number of carbonyl (C=O) groups is 2. The first kappa shape index (κ1) is 27.5. The van der Waals surface area contributed by atoms with Crippen LogP contribution in [0.1, 0.15) is 43.9 Å². The summed E-state index contributed by atoms with van der Waals surface area (Å²) >= 11 is 0. The van der Waals surface area contributed by atoms with Crippen LogP contribution < -0.4 is 0 Å². The molecule has 0 heterocycles. The first-order chi connectivity index (χ1) is 17.2. The zero-order chi connectivity index (χ0) is 26.2. The van der Waals surface area contributed by atoms with Crippen LogP contribution in [0.5, 0.6) is 0 Å². The number of halogens is 1. The van der Waals surface area contributed by atoms with Crippen LogP contribution in [0.4, 0.5) is 4.39 Å². The molecule has 36 heavy (non-hydrogen) atoms. The number of nitrogens with zero attached hydrogens (tertiary/aromatic N) is 1. The minimum Gasteiger partial charge on any atom is -0.462 e. The number of rotatable bonds is 11. The molecule has 8 heteroatoms. The summed E-state index contributed by atoms with van der Waals surface area (Å²) < 4.78 is 36.1. The van der Waals surface area contributed by atoms with Gasteiger partial charge in [-0.3, -0.25) is 9.00 Å². The molecule has 1 aliphatic carbocycles. The molecule has 1 atom stereocenters. The van der Waals surface area contributed by atoms with Gasteiger partial charge in [0.1, 0.15) is 12.4 Å². The maximum Gasteiger partial charge on any atom is 0.344 e. The smallest absolute Gasteiger partial charge is 0.344 e. The first-order valence-corrected chi connectivity index (χ1v) is 13.5. The van der Waals surface area contributed by atoms with Crippen molar-refractivity contribution in [1.29, 1.82) is 0 Å². The highest BCUT2D eigenvalue weighted by molar-refractivity contribution is 7.84. The number of ether oxygens (including phenoxy) is 2. The monoisotopic (exact) mass is 513 g/mol. The van der Waals surface area contributed by atoms with Crippen molar-refractivity contribution in [3.05, 3.63) is 70.5 Å². The van der Waals surface area contributed by atoms with Crippen molar-refractivity contribution in [2.24, 2.45) is 0 Å². The number of hydrogen-bond acceptors (Lipinski definition) is 6.